The molecule has 106 valence electrons. The van der Waals surface area contributed by atoms with Gasteiger partial charge in [0.2, 0.25) is 0 Å². The Morgan fingerprint density at radius 1 is 1.15 bits per heavy atom. The van der Waals surface area contributed by atoms with E-state index in [4.69, 9.17) is 5.73 Å². The van der Waals surface area contributed by atoms with Crippen molar-refractivity contribution in [2.45, 2.75) is 13.3 Å². The summed E-state index contributed by atoms with van der Waals surface area (Å²) in [5.74, 6) is -0.397. The van der Waals surface area contributed by atoms with Gasteiger partial charge in [0.15, 0.2) is 0 Å². The third kappa shape index (κ3) is 2.80. The lowest BCUT2D eigenvalue weighted by atomic mass is 10.0. The van der Waals surface area contributed by atoms with Crippen LogP contribution < -0.4 is 5.73 Å². The van der Waals surface area contributed by atoms with E-state index in [1.165, 1.54) is 6.07 Å². The first-order valence-corrected chi connectivity index (χ1v) is 6.85. The van der Waals surface area contributed by atoms with Gasteiger partial charge in [-0.1, -0.05) is 31.2 Å². The van der Waals surface area contributed by atoms with Gasteiger partial charge in [-0.2, -0.15) is 0 Å². The van der Waals surface area contributed by atoms with Crippen LogP contribution in [-0.2, 0) is 0 Å². The van der Waals surface area contributed by atoms with E-state index in [0.29, 0.717) is 36.0 Å². The molecule has 0 aliphatic heterocycles. The van der Waals surface area contributed by atoms with Crippen molar-refractivity contribution >= 4 is 16.7 Å². The largest absolute Gasteiger partial charge is 0.337 e. The molecular weight excluding hydrogens is 255 g/mol. The molecule has 0 spiro atoms. The number of fused-ring (bicyclic) bond motifs is 1. The summed E-state index contributed by atoms with van der Waals surface area (Å²) in [6.45, 7) is 3.60. The molecule has 0 aliphatic rings. The molecule has 2 N–H and O–H groups in total. The number of halogens is 1. The zero-order valence-corrected chi connectivity index (χ0v) is 11.6. The van der Waals surface area contributed by atoms with Crippen LogP contribution in [0.5, 0.6) is 0 Å². The smallest absolute Gasteiger partial charge is 0.254 e. The first kappa shape index (κ1) is 14.5. The number of nitrogens with two attached hydrogens (primary N) is 1. The zero-order chi connectivity index (χ0) is 14.5. The van der Waals surface area contributed by atoms with Crippen LogP contribution in [0.25, 0.3) is 10.8 Å². The SMILES string of the molecule is CCCN(CCN)C(=O)c1ccc(F)c2ccccc12. The van der Waals surface area contributed by atoms with Gasteiger partial charge in [-0.3, -0.25) is 4.79 Å². The van der Waals surface area contributed by atoms with E-state index in [9.17, 15) is 9.18 Å². The van der Waals surface area contributed by atoms with Gasteiger partial charge >= 0.3 is 0 Å². The van der Waals surface area contributed by atoms with E-state index in [2.05, 4.69) is 0 Å². The van der Waals surface area contributed by atoms with Crippen molar-refractivity contribution in [1.29, 1.82) is 0 Å². The lowest BCUT2D eigenvalue weighted by molar-refractivity contribution is 0.0762. The normalized spacial score (nSPS) is 10.8. The molecule has 20 heavy (non-hydrogen) atoms. The molecule has 0 fully saturated rings. The maximum Gasteiger partial charge on any atom is 0.254 e. The number of amides is 1. The Morgan fingerprint density at radius 2 is 1.85 bits per heavy atom. The number of carbonyl (C=O) groups is 1. The molecule has 0 saturated carbocycles. The molecular formula is C16H19FN2O. The average molecular weight is 274 g/mol. The molecule has 4 heteroatoms. The van der Waals surface area contributed by atoms with Crippen LogP contribution in [0.2, 0.25) is 0 Å². The van der Waals surface area contributed by atoms with Crippen LogP contribution in [0.15, 0.2) is 36.4 Å². The quantitative estimate of drug-likeness (QED) is 0.911. The Kier molecular flexibility index (Phi) is 4.69. The number of hydrogen-bond donors (Lipinski definition) is 1. The average Bonchev–Trinajstić information content (AvgIpc) is 2.47. The topological polar surface area (TPSA) is 46.3 Å². The second-order valence-corrected chi connectivity index (χ2v) is 4.72. The second kappa shape index (κ2) is 6.48. The molecule has 0 bridgehead atoms. The van der Waals surface area contributed by atoms with E-state index in [1.54, 1.807) is 29.2 Å². The van der Waals surface area contributed by atoms with Crippen molar-refractivity contribution in [1.82, 2.24) is 4.90 Å². The summed E-state index contributed by atoms with van der Waals surface area (Å²) in [5, 5.41) is 1.12. The Morgan fingerprint density at radius 3 is 2.50 bits per heavy atom. The standard InChI is InChI=1S/C16H19FN2O/c1-2-10-19(11-9-18)16(20)14-7-8-15(17)13-6-4-3-5-12(13)14/h3-8H,2,9-11,18H2,1H3. The molecule has 0 aliphatic carbocycles. The molecule has 0 unspecified atom stereocenters. The lowest BCUT2D eigenvalue weighted by Gasteiger charge is -2.22. The minimum atomic E-state index is -0.307. The predicted molar refractivity (Wildman–Crippen MR) is 79.2 cm³/mol. The highest BCUT2D eigenvalue weighted by molar-refractivity contribution is 6.07. The van der Waals surface area contributed by atoms with E-state index < -0.39 is 0 Å². The van der Waals surface area contributed by atoms with E-state index >= 15 is 0 Å². The van der Waals surface area contributed by atoms with E-state index in [1.807, 2.05) is 13.0 Å². The monoisotopic (exact) mass is 274 g/mol. The molecule has 0 aromatic heterocycles. The summed E-state index contributed by atoms with van der Waals surface area (Å²) in [5.41, 5.74) is 6.09. The third-order valence-corrected chi connectivity index (χ3v) is 3.28. The molecule has 0 atom stereocenters. The van der Waals surface area contributed by atoms with Crippen molar-refractivity contribution in [3.05, 3.63) is 47.8 Å². The van der Waals surface area contributed by atoms with Gasteiger partial charge in [0.05, 0.1) is 0 Å². The van der Waals surface area contributed by atoms with Gasteiger partial charge in [0, 0.05) is 30.6 Å². The van der Waals surface area contributed by atoms with Gasteiger partial charge in [-0.25, -0.2) is 4.39 Å². The fraction of sp³-hybridized carbons (Fsp3) is 0.312. The van der Waals surface area contributed by atoms with Crippen LogP contribution in [-0.4, -0.2) is 30.4 Å². The summed E-state index contributed by atoms with van der Waals surface area (Å²) in [6, 6.07) is 9.95. The summed E-state index contributed by atoms with van der Waals surface area (Å²) in [6.07, 6.45) is 0.866. The van der Waals surface area contributed by atoms with Crippen LogP contribution in [0, 0.1) is 5.82 Å². The zero-order valence-electron chi connectivity index (χ0n) is 11.6. The van der Waals surface area contributed by atoms with Gasteiger partial charge in [0.1, 0.15) is 5.82 Å². The maximum atomic E-state index is 13.8. The maximum absolute atomic E-state index is 13.8. The Labute approximate surface area is 118 Å². The number of carbonyl (C=O) groups excluding carboxylic acids is 1. The first-order chi connectivity index (χ1) is 9.69. The van der Waals surface area contributed by atoms with Gasteiger partial charge in [-0.05, 0) is 23.9 Å². The summed E-state index contributed by atoms with van der Waals surface area (Å²) in [4.78, 5) is 14.3. The summed E-state index contributed by atoms with van der Waals surface area (Å²) in [7, 11) is 0. The molecule has 0 heterocycles. The van der Waals surface area contributed by atoms with E-state index in [0.717, 1.165) is 6.42 Å². The van der Waals surface area contributed by atoms with Crippen molar-refractivity contribution in [2.24, 2.45) is 5.73 Å². The highest BCUT2D eigenvalue weighted by atomic mass is 19.1. The molecule has 1 amide bonds. The van der Waals surface area contributed by atoms with E-state index in [-0.39, 0.29) is 11.7 Å². The summed E-state index contributed by atoms with van der Waals surface area (Å²) >= 11 is 0. The van der Waals surface area contributed by atoms with Crippen molar-refractivity contribution in [3.8, 4) is 0 Å². The molecule has 3 nitrogen and oxygen atoms in total. The molecule has 0 saturated heterocycles. The van der Waals surface area contributed by atoms with Gasteiger partial charge in [0.25, 0.3) is 5.91 Å². The van der Waals surface area contributed by atoms with Crippen molar-refractivity contribution < 1.29 is 9.18 Å². The van der Waals surface area contributed by atoms with Gasteiger partial charge in [-0.15, -0.1) is 0 Å². The molecule has 2 aromatic rings. The molecule has 2 aromatic carbocycles. The number of hydrogen-bond acceptors (Lipinski definition) is 2. The van der Waals surface area contributed by atoms with Crippen LogP contribution in [0.4, 0.5) is 4.39 Å². The lowest BCUT2D eigenvalue weighted by Crippen LogP contribution is -2.36. The Balaban J connectivity index is 2.46. The number of rotatable bonds is 5. The number of nitrogens with zero attached hydrogens (tertiary/aromatic N) is 1. The Bertz CT molecular complexity index is 606. The van der Waals surface area contributed by atoms with Crippen molar-refractivity contribution in [2.75, 3.05) is 19.6 Å². The van der Waals surface area contributed by atoms with Crippen molar-refractivity contribution in [3.63, 3.8) is 0 Å². The third-order valence-electron chi connectivity index (χ3n) is 3.28. The van der Waals surface area contributed by atoms with Crippen LogP contribution >= 0.6 is 0 Å². The minimum Gasteiger partial charge on any atom is -0.337 e. The van der Waals surface area contributed by atoms with Crippen LogP contribution in [0.1, 0.15) is 23.7 Å². The predicted octanol–water partition coefficient (Wildman–Crippen LogP) is 2.79. The summed E-state index contributed by atoms with van der Waals surface area (Å²) < 4.78 is 13.8. The molecule has 0 radical (unpaired) electrons. The minimum absolute atomic E-state index is 0.0894. The van der Waals surface area contributed by atoms with Gasteiger partial charge < -0.3 is 10.6 Å². The highest BCUT2D eigenvalue weighted by Crippen LogP contribution is 2.23. The number of benzene rings is 2. The fourth-order valence-corrected chi connectivity index (χ4v) is 2.36. The highest BCUT2D eigenvalue weighted by Gasteiger charge is 2.17. The fourth-order valence-electron chi connectivity index (χ4n) is 2.36. The van der Waals surface area contributed by atoms with Crippen LogP contribution in [0.3, 0.4) is 0 Å². The molecule has 2 rings (SSSR count). The Hall–Kier alpha value is -1.94. The first-order valence-electron chi connectivity index (χ1n) is 6.85. The second-order valence-electron chi connectivity index (χ2n) is 4.72.